The molecule has 0 aliphatic rings. The zero-order valence-electron chi connectivity index (χ0n) is 11.2. The van der Waals surface area contributed by atoms with Crippen LogP contribution < -0.4 is 15.8 Å². The molecule has 4 N–H and O–H groups in total. The molecule has 1 atom stereocenters. The fraction of sp³-hybridized carbons (Fsp3) is 0.429. The summed E-state index contributed by atoms with van der Waals surface area (Å²) in [5.74, 6) is -0.493. The van der Waals surface area contributed by atoms with Crippen LogP contribution in [0.5, 0.6) is 5.75 Å². The van der Waals surface area contributed by atoms with Crippen molar-refractivity contribution in [3.8, 4) is 5.75 Å². The lowest BCUT2D eigenvalue weighted by molar-refractivity contribution is -0.137. The summed E-state index contributed by atoms with van der Waals surface area (Å²) in [6.07, 6.45) is 0.694. The van der Waals surface area contributed by atoms with E-state index in [0.717, 1.165) is 5.75 Å². The Hall–Kier alpha value is -2.08. The van der Waals surface area contributed by atoms with Crippen molar-refractivity contribution >= 4 is 11.9 Å². The highest BCUT2D eigenvalue weighted by atomic mass is 16.5. The molecule has 1 aromatic carbocycles. The molecule has 0 fully saturated rings. The van der Waals surface area contributed by atoms with Crippen LogP contribution in [-0.2, 0) is 9.59 Å². The summed E-state index contributed by atoms with van der Waals surface area (Å²) in [5.41, 5.74) is 5.56. The maximum atomic E-state index is 11.5. The standard InChI is InChI=1S/C14H20N2O4/c15-12(7-8-13(17)18)14(19)16-9-4-10-20-11-5-2-1-3-6-11/h1-3,5-6,12H,4,7-10,15H2,(H,16,19)(H,17,18). The topological polar surface area (TPSA) is 102 Å². The lowest BCUT2D eigenvalue weighted by Crippen LogP contribution is -2.41. The first kappa shape index (κ1) is 16.0. The van der Waals surface area contributed by atoms with E-state index < -0.39 is 12.0 Å². The lowest BCUT2D eigenvalue weighted by atomic mass is 10.1. The first-order chi connectivity index (χ1) is 9.59. The highest BCUT2D eigenvalue weighted by molar-refractivity contribution is 5.82. The van der Waals surface area contributed by atoms with Gasteiger partial charge in [0, 0.05) is 13.0 Å². The smallest absolute Gasteiger partial charge is 0.303 e. The number of carbonyl (C=O) groups excluding carboxylic acids is 1. The van der Waals surface area contributed by atoms with Crippen LogP contribution in [-0.4, -0.2) is 36.2 Å². The van der Waals surface area contributed by atoms with Crippen molar-refractivity contribution in [2.75, 3.05) is 13.2 Å². The van der Waals surface area contributed by atoms with Gasteiger partial charge >= 0.3 is 5.97 Å². The molecule has 0 bridgehead atoms. The molecule has 0 radical (unpaired) electrons. The van der Waals surface area contributed by atoms with Gasteiger partial charge in [0.15, 0.2) is 0 Å². The minimum absolute atomic E-state index is 0.105. The van der Waals surface area contributed by atoms with Crippen molar-refractivity contribution in [3.63, 3.8) is 0 Å². The van der Waals surface area contributed by atoms with E-state index in [1.165, 1.54) is 0 Å². The van der Waals surface area contributed by atoms with E-state index in [1.54, 1.807) is 0 Å². The van der Waals surface area contributed by atoms with E-state index in [2.05, 4.69) is 5.32 Å². The highest BCUT2D eigenvalue weighted by Gasteiger charge is 2.13. The largest absolute Gasteiger partial charge is 0.494 e. The summed E-state index contributed by atoms with van der Waals surface area (Å²) < 4.78 is 5.47. The molecular weight excluding hydrogens is 260 g/mol. The number of carbonyl (C=O) groups is 2. The monoisotopic (exact) mass is 280 g/mol. The summed E-state index contributed by atoms with van der Waals surface area (Å²) in [4.78, 5) is 21.9. The summed E-state index contributed by atoms with van der Waals surface area (Å²) in [6, 6.07) is 8.63. The number of carboxylic acids is 1. The average Bonchev–Trinajstić information content (AvgIpc) is 2.45. The molecular formula is C14H20N2O4. The number of nitrogens with one attached hydrogen (secondary N) is 1. The molecule has 6 nitrogen and oxygen atoms in total. The number of ether oxygens (including phenoxy) is 1. The molecule has 110 valence electrons. The molecule has 0 aromatic heterocycles. The molecule has 20 heavy (non-hydrogen) atoms. The number of para-hydroxylation sites is 1. The fourth-order valence-electron chi connectivity index (χ4n) is 1.53. The van der Waals surface area contributed by atoms with Gasteiger partial charge in [-0.25, -0.2) is 0 Å². The molecule has 6 heteroatoms. The number of rotatable bonds is 9. The van der Waals surface area contributed by atoms with Crippen molar-refractivity contribution < 1.29 is 19.4 Å². The Morgan fingerprint density at radius 3 is 2.65 bits per heavy atom. The van der Waals surface area contributed by atoms with E-state index in [4.69, 9.17) is 15.6 Å². The molecule has 0 heterocycles. The van der Waals surface area contributed by atoms with Gasteiger partial charge in [-0.15, -0.1) is 0 Å². The van der Waals surface area contributed by atoms with Crippen molar-refractivity contribution in [1.29, 1.82) is 0 Å². The van der Waals surface area contributed by atoms with Crippen LogP contribution in [0.15, 0.2) is 30.3 Å². The normalized spacial score (nSPS) is 11.7. The maximum Gasteiger partial charge on any atom is 0.303 e. The van der Waals surface area contributed by atoms with Gasteiger partial charge in [0.2, 0.25) is 5.91 Å². The van der Waals surface area contributed by atoms with Crippen LogP contribution >= 0.6 is 0 Å². The van der Waals surface area contributed by atoms with E-state index >= 15 is 0 Å². The van der Waals surface area contributed by atoms with E-state index in [-0.39, 0.29) is 18.7 Å². The Bertz CT molecular complexity index is 422. The minimum Gasteiger partial charge on any atom is -0.494 e. The first-order valence-electron chi connectivity index (χ1n) is 6.52. The highest BCUT2D eigenvalue weighted by Crippen LogP contribution is 2.08. The predicted molar refractivity (Wildman–Crippen MR) is 74.4 cm³/mol. The van der Waals surface area contributed by atoms with Crippen molar-refractivity contribution in [3.05, 3.63) is 30.3 Å². The van der Waals surface area contributed by atoms with Crippen LogP contribution in [0, 0.1) is 0 Å². The van der Waals surface area contributed by atoms with E-state index in [9.17, 15) is 9.59 Å². The first-order valence-corrected chi connectivity index (χ1v) is 6.52. The molecule has 1 rings (SSSR count). The summed E-state index contributed by atoms with van der Waals surface area (Å²) in [5, 5.41) is 11.2. The van der Waals surface area contributed by atoms with Crippen molar-refractivity contribution in [1.82, 2.24) is 5.32 Å². The third-order valence-corrected chi connectivity index (χ3v) is 2.64. The Kier molecular flexibility index (Phi) is 7.13. The molecule has 1 unspecified atom stereocenters. The molecule has 1 aromatic rings. The molecule has 1 amide bonds. The second-order valence-electron chi connectivity index (χ2n) is 4.35. The number of hydrogen-bond acceptors (Lipinski definition) is 4. The SMILES string of the molecule is NC(CCC(=O)O)C(=O)NCCCOc1ccccc1. The van der Waals surface area contributed by atoms with Gasteiger partial charge in [0.05, 0.1) is 12.6 Å². The van der Waals surface area contributed by atoms with Crippen LogP contribution in [0.25, 0.3) is 0 Å². The average molecular weight is 280 g/mol. The van der Waals surface area contributed by atoms with Crippen molar-refractivity contribution in [2.24, 2.45) is 5.73 Å². The summed E-state index contributed by atoms with van der Waals surface area (Å²) in [6.45, 7) is 0.946. The molecule has 0 saturated heterocycles. The van der Waals surface area contributed by atoms with Crippen LogP contribution in [0.3, 0.4) is 0 Å². The molecule has 0 spiro atoms. The summed E-state index contributed by atoms with van der Waals surface area (Å²) >= 11 is 0. The molecule has 0 saturated carbocycles. The van der Waals surface area contributed by atoms with Crippen LogP contribution in [0.2, 0.25) is 0 Å². The van der Waals surface area contributed by atoms with Crippen LogP contribution in [0.1, 0.15) is 19.3 Å². The zero-order valence-corrected chi connectivity index (χ0v) is 11.2. The lowest BCUT2D eigenvalue weighted by Gasteiger charge is -2.11. The van der Waals surface area contributed by atoms with Crippen LogP contribution in [0.4, 0.5) is 0 Å². The van der Waals surface area contributed by atoms with Gasteiger partial charge in [-0.2, -0.15) is 0 Å². The number of hydrogen-bond donors (Lipinski definition) is 3. The van der Waals surface area contributed by atoms with Gasteiger partial charge in [-0.3, -0.25) is 9.59 Å². The van der Waals surface area contributed by atoms with E-state index in [0.29, 0.717) is 19.6 Å². The Morgan fingerprint density at radius 2 is 2.00 bits per heavy atom. The number of benzene rings is 1. The quantitative estimate of drug-likeness (QED) is 0.580. The Morgan fingerprint density at radius 1 is 1.30 bits per heavy atom. The second-order valence-corrected chi connectivity index (χ2v) is 4.35. The molecule has 0 aliphatic heterocycles. The molecule has 0 aliphatic carbocycles. The zero-order chi connectivity index (χ0) is 14.8. The second kappa shape index (κ2) is 8.92. The van der Waals surface area contributed by atoms with Gasteiger partial charge in [-0.05, 0) is 25.0 Å². The Balaban J connectivity index is 2.08. The predicted octanol–water partition coefficient (Wildman–Crippen LogP) is 0.764. The number of nitrogens with two attached hydrogens (primary N) is 1. The van der Waals surface area contributed by atoms with E-state index in [1.807, 2.05) is 30.3 Å². The van der Waals surface area contributed by atoms with Gasteiger partial charge in [-0.1, -0.05) is 18.2 Å². The number of carboxylic acid groups (broad SMARTS) is 1. The Labute approximate surface area is 117 Å². The third-order valence-electron chi connectivity index (χ3n) is 2.64. The third kappa shape index (κ3) is 6.75. The number of amides is 1. The maximum absolute atomic E-state index is 11.5. The minimum atomic E-state index is -0.954. The van der Waals surface area contributed by atoms with Gasteiger partial charge < -0.3 is 20.9 Å². The fourth-order valence-corrected chi connectivity index (χ4v) is 1.53. The number of aliphatic carboxylic acids is 1. The summed E-state index contributed by atoms with van der Waals surface area (Å²) in [7, 11) is 0. The van der Waals surface area contributed by atoms with Gasteiger partial charge in [0.25, 0.3) is 0 Å². The van der Waals surface area contributed by atoms with Gasteiger partial charge in [0.1, 0.15) is 5.75 Å². The van der Waals surface area contributed by atoms with Crippen molar-refractivity contribution in [2.45, 2.75) is 25.3 Å².